The average Bonchev–Trinajstić information content (AvgIpc) is 3.93. The van der Waals surface area contributed by atoms with Crippen molar-refractivity contribution < 1.29 is 4.42 Å². The summed E-state index contributed by atoms with van der Waals surface area (Å²) in [6, 6.07) is 49.0. The van der Waals surface area contributed by atoms with Gasteiger partial charge in [0.05, 0.1) is 49.7 Å². The molecule has 0 amide bonds. The second-order valence-electron chi connectivity index (χ2n) is 13.3. The van der Waals surface area contributed by atoms with E-state index in [1.807, 2.05) is 36.8 Å². The van der Waals surface area contributed by atoms with Crippen LogP contribution in [-0.4, -0.2) is 28.7 Å². The van der Waals surface area contributed by atoms with E-state index in [2.05, 4.69) is 135 Å². The lowest BCUT2D eigenvalue weighted by Gasteiger charge is -2.10. The molecule has 52 heavy (non-hydrogen) atoms. The summed E-state index contributed by atoms with van der Waals surface area (Å²) in [5.74, 6) is 0. The topological polar surface area (TPSA) is 66.6 Å². The molecular formula is C45H26N6O. The van der Waals surface area contributed by atoms with Gasteiger partial charge in [-0.25, -0.2) is 0 Å². The molecule has 0 spiro atoms. The van der Waals surface area contributed by atoms with Gasteiger partial charge in [-0.3, -0.25) is 15.0 Å². The zero-order chi connectivity index (χ0) is 33.9. The van der Waals surface area contributed by atoms with E-state index in [-0.39, 0.29) is 0 Å². The van der Waals surface area contributed by atoms with E-state index in [1.165, 1.54) is 0 Å². The van der Waals surface area contributed by atoms with Crippen LogP contribution in [-0.2, 0) is 0 Å². The summed E-state index contributed by atoms with van der Waals surface area (Å²) in [6.45, 7) is 0. The van der Waals surface area contributed by atoms with E-state index in [0.717, 1.165) is 105 Å². The summed E-state index contributed by atoms with van der Waals surface area (Å²) >= 11 is 0. The molecule has 12 aromatic rings. The predicted octanol–water partition coefficient (Wildman–Crippen LogP) is 11.1. The minimum Gasteiger partial charge on any atom is -0.456 e. The van der Waals surface area contributed by atoms with Crippen LogP contribution < -0.4 is 0 Å². The summed E-state index contributed by atoms with van der Waals surface area (Å²) in [7, 11) is 0. The molecule has 242 valence electrons. The molecule has 0 N–H and O–H groups in total. The standard InChI is InChI=1S/C45H26N6O/c1-3-10-35-30(8-1)43-38(12-5-21-46-43)49(35)27-15-18-37-34(26-27)45-40(14-7-23-48-45)51(37)29-17-20-42-33(25-29)32-24-28(16-19-41(32)52-42)50-36-11-4-2-9-31(36)44-39(50)13-6-22-47-44/h1-26H. The number of fused-ring (bicyclic) bond motifs is 12. The van der Waals surface area contributed by atoms with Crippen LogP contribution in [0.25, 0.3) is 105 Å². The maximum Gasteiger partial charge on any atom is 0.135 e. The van der Waals surface area contributed by atoms with Crippen LogP contribution in [0, 0.1) is 0 Å². The van der Waals surface area contributed by atoms with E-state index < -0.39 is 0 Å². The zero-order valence-corrected chi connectivity index (χ0v) is 27.6. The highest BCUT2D eigenvalue weighted by Crippen LogP contribution is 2.39. The second-order valence-corrected chi connectivity index (χ2v) is 13.3. The molecule has 0 unspecified atom stereocenters. The van der Waals surface area contributed by atoms with E-state index >= 15 is 0 Å². The summed E-state index contributed by atoms with van der Waals surface area (Å²) in [5, 5.41) is 5.47. The van der Waals surface area contributed by atoms with E-state index in [9.17, 15) is 0 Å². The Balaban J connectivity index is 1.07. The van der Waals surface area contributed by atoms with Gasteiger partial charge in [0.15, 0.2) is 0 Å². The molecule has 12 rings (SSSR count). The van der Waals surface area contributed by atoms with Gasteiger partial charge >= 0.3 is 0 Å². The second kappa shape index (κ2) is 10.2. The van der Waals surface area contributed by atoms with Gasteiger partial charge in [0.2, 0.25) is 0 Å². The van der Waals surface area contributed by atoms with Gasteiger partial charge in [0.25, 0.3) is 0 Å². The van der Waals surface area contributed by atoms with Crippen molar-refractivity contribution in [2.45, 2.75) is 0 Å². The van der Waals surface area contributed by atoms with Crippen LogP contribution in [0.2, 0.25) is 0 Å². The molecule has 0 atom stereocenters. The third kappa shape index (κ3) is 3.66. The highest BCUT2D eigenvalue weighted by Gasteiger charge is 2.19. The monoisotopic (exact) mass is 666 g/mol. The molecule has 7 heteroatoms. The summed E-state index contributed by atoms with van der Waals surface area (Å²) in [4.78, 5) is 14.4. The van der Waals surface area contributed by atoms with Crippen molar-refractivity contribution >= 4 is 87.7 Å². The molecular weight excluding hydrogens is 641 g/mol. The van der Waals surface area contributed by atoms with Crippen molar-refractivity contribution in [3.8, 4) is 17.1 Å². The number of para-hydroxylation sites is 2. The van der Waals surface area contributed by atoms with Crippen LogP contribution in [0.1, 0.15) is 0 Å². The van der Waals surface area contributed by atoms with E-state index in [4.69, 9.17) is 19.4 Å². The first-order chi connectivity index (χ1) is 25.8. The quantitative estimate of drug-likeness (QED) is 0.188. The van der Waals surface area contributed by atoms with E-state index in [1.54, 1.807) is 0 Å². The number of hydrogen-bond donors (Lipinski definition) is 0. The Morgan fingerprint density at radius 3 is 1.21 bits per heavy atom. The van der Waals surface area contributed by atoms with Gasteiger partial charge in [0.1, 0.15) is 11.2 Å². The fraction of sp³-hybridized carbons (Fsp3) is 0. The third-order valence-corrected chi connectivity index (χ3v) is 10.6. The summed E-state index contributed by atoms with van der Waals surface area (Å²) in [6.07, 6.45) is 5.60. The Morgan fingerprint density at radius 1 is 0.327 bits per heavy atom. The molecule has 0 aliphatic heterocycles. The molecule has 0 bridgehead atoms. The lowest BCUT2D eigenvalue weighted by Crippen LogP contribution is -1.96. The van der Waals surface area contributed by atoms with Crippen molar-refractivity contribution in [1.29, 1.82) is 0 Å². The first-order valence-electron chi connectivity index (χ1n) is 17.4. The first kappa shape index (κ1) is 27.6. The average molecular weight is 667 g/mol. The van der Waals surface area contributed by atoms with Gasteiger partial charge in [-0.15, -0.1) is 0 Å². The lowest BCUT2D eigenvalue weighted by molar-refractivity contribution is 0.669. The smallest absolute Gasteiger partial charge is 0.135 e. The Hall–Kier alpha value is -7.25. The number of aromatic nitrogens is 6. The number of furan rings is 1. The Morgan fingerprint density at radius 2 is 0.712 bits per heavy atom. The number of nitrogens with zero attached hydrogens (tertiary/aromatic N) is 6. The van der Waals surface area contributed by atoms with Crippen molar-refractivity contribution in [3.05, 3.63) is 158 Å². The van der Waals surface area contributed by atoms with Crippen LogP contribution in [0.15, 0.2) is 163 Å². The predicted molar refractivity (Wildman–Crippen MR) is 210 cm³/mol. The van der Waals surface area contributed by atoms with Crippen LogP contribution in [0.5, 0.6) is 0 Å². The number of pyridine rings is 3. The normalized spacial score (nSPS) is 12.2. The highest BCUT2D eigenvalue weighted by molar-refractivity contribution is 6.12. The summed E-state index contributed by atoms with van der Waals surface area (Å²) in [5.41, 5.74) is 14.4. The van der Waals surface area contributed by atoms with Crippen molar-refractivity contribution in [2.24, 2.45) is 0 Å². The molecule has 0 saturated heterocycles. The van der Waals surface area contributed by atoms with E-state index in [0.29, 0.717) is 0 Å². The van der Waals surface area contributed by atoms with Gasteiger partial charge < -0.3 is 18.1 Å². The molecule has 0 radical (unpaired) electrons. The Bertz CT molecular complexity index is 3330. The molecule has 0 aliphatic rings. The third-order valence-electron chi connectivity index (χ3n) is 10.6. The summed E-state index contributed by atoms with van der Waals surface area (Å²) < 4.78 is 13.3. The fourth-order valence-electron chi connectivity index (χ4n) is 8.40. The number of hydrogen-bond acceptors (Lipinski definition) is 4. The lowest BCUT2D eigenvalue weighted by atomic mass is 10.1. The van der Waals surface area contributed by atoms with Gasteiger partial charge in [-0.1, -0.05) is 36.4 Å². The molecule has 0 fully saturated rings. The van der Waals surface area contributed by atoms with Gasteiger partial charge in [0, 0.05) is 62.6 Å². The molecule has 5 aromatic carbocycles. The molecule has 0 saturated carbocycles. The first-order valence-corrected chi connectivity index (χ1v) is 17.4. The molecule has 7 nitrogen and oxygen atoms in total. The molecule has 7 aromatic heterocycles. The van der Waals surface area contributed by atoms with Crippen LogP contribution in [0.4, 0.5) is 0 Å². The minimum atomic E-state index is 0.848. The number of benzene rings is 5. The molecule has 0 aliphatic carbocycles. The van der Waals surface area contributed by atoms with Crippen molar-refractivity contribution in [3.63, 3.8) is 0 Å². The van der Waals surface area contributed by atoms with Gasteiger partial charge in [-0.2, -0.15) is 0 Å². The SMILES string of the molecule is c1ccc2c(c1)c1ncccc1n2-c1ccc2oc3ccc(-n4c5ccc(-n6c7ccccc7c7ncccc76)cc5c5ncccc54)cc3c2c1. The zero-order valence-electron chi connectivity index (χ0n) is 27.6. The Kier molecular flexibility index (Phi) is 5.38. The molecule has 7 heterocycles. The van der Waals surface area contributed by atoms with Crippen LogP contribution >= 0.6 is 0 Å². The number of rotatable bonds is 3. The minimum absolute atomic E-state index is 0.848. The Labute approximate surface area is 295 Å². The maximum atomic E-state index is 6.42. The van der Waals surface area contributed by atoms with Crippen molar-refractivity contribution in [1.82, 2.24) is 28.7 Å². The fourth-order valence-corrected chi connectivity index (χ4v) is 8.40. The maximum absolute atomic E-state index is 6.42. The largest absolute Gasteiger partial charge is 0.456 e. The van der Waals surface area contributed by atoms with Gasteiger partial charge in [-0.05, 0) is 103 Å². The highest BCUT2D eigenvalue weighted by atomic mass is 16.3. The van der Waals surface area contributed by atoms with Crippen LogP contribution in [0.3, 0.4) is 0 Å². The van der Waals surface area contributed by atoms with Crippen molar-refractivity contribution in [2.75, 3.05) is 0 Å².